The van der Waals surface area contributed by atoms with E-state index >= 15 is 0 Å². The van der Waals surface area contributed by atoms with Gasteiger partial charge in [0.15, 0.2) is 23.0 Å². The summed E-state index contributed by atoms with van der Waals surface area (Å²) < 4.78 is 11.3. The lowest BCUT2D eigenvalue weighted by Crippen LogP contribution is -2.01. The van der Waals surface area contributed by atoms with E-state index in [-0.39, 0.29) is 32.3 Å². The summed E-state index contributed by atoms with van der Waals surface area (Å²) in [5, 5.41) is 1.42. The molecule has 1 aliphatic heterocycles. The monoisotopic (exact) mass is 354 g/mol. The van der Waals surface area contributed by atoms with E-state index < -0.39 is 0 Å². The van der Waals surface area contributed by atoms with Crippen LogP contribution in [0.3, 0.4) is 0 Å². The second-order valence-electron chi connectivity index (χ2n) is 3.70. The van der Waals surface area contributed by atoms with Gasteiger partial charge in [-0.2, -0.15) is 0 Å². The first-order valence-corrected chi connectivity index (χ1v) is 6.89. The van der Waals surface area contributed by atoms with Crippen molar-refractivity contribution in [3.63, 3.8) is 0 Å². The van der Waals surface area contributed by atoms with Crippen molar-refractivity contribution in [2.24, 2.45) is 0 Å². The maximum atomic E-state index is 6.07. The molecule has 98 valence electrons. The van der Waals surface area contributed by atoms with Crippen LogP contribution in [0, 0.1) is 0 Å². The van der Waals surface area contributed by atoms with Gasteiger partial charge < -0.3 is 9.47 Å². The Morgan fingerprint density at radius 2 is 1.05 bits per heavy atom. The summed E-state index contributed by atoms with van der Waals surface area (Å²) in [6.45, 7) is 0. The van der Waals surface area contributed by atoms with Crippen molar-refractivity contribution in [2.45, 2.75) is 0 Å². The minimum Gasteiger partial charge on any atom is -0.446 e. The smallest absolute Gasteiger partial charge is 0.191 e. The minimum atomic E-state index is 0.197. The molecule has 0 amide bonds. The van der Waals surface area contributed by atoms with Crippen LogP contribution in [-0.4, -0.2) is 0 Å². The van der Waals surface area contributed by atoms with Crippen molar-refractivity contribution in [1.82, 2.24) is 0 Å². The maximum absolute atomic E-state index is 6.07. The Morgan fingerprint density at radius 3 is 1.63 bits per heavy atom. The molecule has 0 radical (unpaired) electrons. The summed E-state index contributed by atoms with van der Waals surface area (Å²) in [5.74, 6) is 1.05. The van der Waals surface area contributed by atoms with Gasteiger partial charge in [-0.3, -0.25) is 0 Å². The fourth-order valence-electron chi connectivity index (χ4n) is 1.65. The zero-order valence-corrected chi connectivity index (χ0v) is 12.7. The van der Waals surface area contributed by atoms with Crippen LogP contribution >= 0.6 is 58.0 Å². The average Bonchev–Trinajstić information content (AvgIpc) is 2.39. The summed E-state index contributed by atoms with van der Waals surface area (Å²) in [5.41, 5.74) is 0. The average molecular weight is 356 g/mol. The predicted octanol–water partition coefficient (Wildman–Crippen LogP) is 6.85. The Bertz CT molecular complexity index is 699. The molecule has 0 saturated heterocycles. The van der Waals surface area contributed by atoms with Gasteiger partial charge in [-0.25, -0.2) is 0 Å². The molecule has 2 aromatic rings. The van der Waals surface area contributed by atoms with Crippen molar-refractivity contribution in [1.29, 1.82) is 0 Å². The van der Waals surface area contributed by atoms with Gasteiger partial charge in [0.2, 0.25) is 0 Å². The predicted molar refractivity (Wildman–Crippen MR) is 78.1 cm³/mol. The van der Waals surface area contributed by atoms with E-state index in [1.54, 1.807) is 12.1 Å². The van der Waals surface area contributed by atoms with Crippen LogP contribution in [0.4, 0.5) is 0 Å². The quantitative estimate of drug-likeness (QED) is 0.410. The molecule has 19 heavy (non-hydrogen) atoms. The van der Waals surface area contributed by atoms with Crippen LogP contribution in [0.25, 0.3) is 0 Å². The number of fused-ring (bicyclic) bond motifs is 2. The standard InChI is InChI=1S/C12H3Cl5O2/c13-4-1-2-5(14)10-9(4)18-11-7(16)3-6(15)8(17)12(11)19-10/h1-3H. The van der Waals surface area contributed by atoms with E-state index in [0.29, 0.717) is 15.8 Å². The molecule has 0 spiro atoms. The fraction of sp³-hybridized carbons (Fsp3) is 0. The summed E-state index contributed by atoms with van der Waals surface area (Å²) in [6.07, 6.45) is 0. The molecule has 7 heteroatoms. The van der Waals surface area contributed by atoms with E-state index in [2.05, 4.69) is 0 Å². The van der Waals surface area contributed by atoms with Crippen LogP contribution in [0.2, 0.25) is 25.1 Å². The third-order valence-corrected chi connectivity index (χ3v) is 4.16. The highest BCUT2D eigenvalue weighted by Gasteiger charge is 2.29. The normalized spacial score (nSPS) is 12.3. The molecule has 1 aliphatic rings. The minimum absolute atomic E-state index is 0.197. The Balaban J connectivity index is 2.25. The Hall–Kier alpha value is -0.510. The van der Waals surface area contributed by atoms with Crippen LogP contribution in [0.5, 0.6) is 23.0 Å². The molecular formula is C12H3Cl5O2. The summed E-state index contributed by atoms with van der Waals surface area (Å²) in [7, 11) is 0. The number of ether oxygens (including phenoxy) is 2. The molecule has 0 fully saturated rings. The van der Waals surface area contributed by atoms with Gasteiger partial charge in [-0.1, -0.05) is 58.0 Å². The molecule has 0 bridgehead atoms. The van der Waals surface area contributed by atoms with Crippen molar-refractivity contribution in [3.05, 3.63) is 43.3 Å². The first-order chi connectivity index (χ1) is 8.99. The van der Waals surface area contributed by atoms with Gasteiger partial charge >= 0.3 is 0 Å². The molecule has 0 saturated carbocycles. The zero-order chi connectivity index (χ0) is 13.7. The number of hydrogen-bond acceptors (Lipinski definition) is 2. The highest BCUT2D eigenvalue weighted by Crippen LogP contribution is 2.57. The second kappa shape index (κ2) is 4.80. The molecule has 0 aliphatic carbocycles. The fourth-order valence-corrected chi connectivity index (χ4v) is 2.69. The van der Waals surface area contributed by atoms with E-state index in [1.165, 1.54) is 6.07 Å². The molecule has 2 aromatic carbocycles. The van der Waals surface area contributed by atoms with Gasteiger partial charge in [-0.15, -0.1) is 0 Å². The van der Waals surface area contributed by atoms with Crippen molar-refractivity contribution in [3.8, 4) is 23.0 Å². The molecule has 2 nitrogen and oxygen atoms in total. The zero-order valence-electron chi connectivity index (χ0n) is 8.94. The summed E-state index contributed by atoms with van der Waals surface area (Å²) in [6, 6.07) is 4.66. The first kappa shape index (κ1) is 13.5. The van der Waals surface area contributed by atoms with E-state index in [1.807, 2.05) is 0 Å². The first-order valence-electron chi connectivity index (χ1n) is 5.00. The van der Waals surface area contributed by atoms with E-state index in [0.717, 1.165) is 0 Å². The highest BCUT2D eigenvalue weighted by atomic mass is 35.5. The largest absolute Gasteiger partial charge is 0.446 e. The third kappa shape index (κ3) is 2.12. The van der Waals surface area contributed by atoms with E-state index in [4.69, 9.17) is 67.5 Å². The lowest BCUT2D eigenvalue weighted by molar-refractivity contribution is 0.360. The highest BCUT2D eigenvalue weighted by molar-refractivity contribution is 6.45. The molecule has 3 rings (SSSR count). The third-order valence-electron chi connectivity index (χ3n) is 2.51. The van der Waals surface area contributed by atoms with Crippen LogP contribution < -0.4 is 9.47 Å². The Labute approximate surface area is 133 Å². The number of rotatable bonds is 0. The van der Waals surface area contributed by atoms with Gasteiger partial charge in [0, 0.05) is 0 Å². The van der Waals surface area contributed by atoms with Gasteiger partial charge in [0.1, 0.15) is 5.02 Å². The molecule has 0 atom stereocenters. The number of hydrogen-bond donors (Lipinski definition) is 0. The Kier molecular flexibility index (Phi) is 3.40. The second-order valence-corrected chi connectivity index (χ2v) is 5.71. The molecule has 0 N–H and O–H groups in total. The lowest BCUT2D eigenvalue weighted by atomic mass is 10.2. The van der Waals surface area contributed by atoms with Gasteiger partial charge in [-0.05, 0) is 18.2 Å². The molecular weight excluding hydrogens is 353 g/mol. The van der Waals surface area contributed by atoms with Gasteiger partial charge in [0.25, 0.3) is 0 Å². The summed E-state index contributed by atoms with van der Waals surface area (Å²) >= 11 is 30.1. The topological polar surface area (TPSA) is 18.5 Å². The summed E-state index contributed by atoms with van der Waals surface area (Å²) in [4.78, 5) is 0. The van der Waals surface area contributed by atoms with Crippen molar-refractivity contribution in [2.75, 3.05) is 0 Å². The molecule has 0 unspecified atom stereocenters. The lowest BCUT2D eigenvalue weighted by Gasteiger charge is -2.24. The SMILES string of the molecule is Clc1cc(Cl)c2c(c1Cl)Oc1c(Cl)ccc(Cl)c1O2. The van der Waals surface area contributed by atoms with Crippen molar-refractivity contribution >= 4 is 58.0 Å². The molecule has 0 aromatic heterocycles. The van der Waals surface area contributed by atoms with E-state index in [9.17, 15) is 0 Å². The number of benzene rings is 2. The van der Waals surface area contributed by atoms with Crippen LogP contribution in [0.1, 0.15) is 0 Å². The van der Waals surface area contributed by atoms with Crippen LogP contribution in [-0.2, 0) is 0 Å². The maximum Gasteiger partial charge on any atom is 0.191 e. The van der Waals surface area contributed by atoms with Gasteiger partial charge in [0.05, 0.1) is 20.1 Å². The molecule has 1 heterocycles. The van der Waals surface area contributed by atoms with Crippen molar-refractivity contribution < 1.29 is 9.47 Å². The Morgan fingerprint density at radius 1 is 0.579 bits per heavy atom. The number of halogens is 5. The van der Waals surface area contributed by atoms with Crippen LogP contribution in [0.15, 0.2) is 18.2 Å².